The van der Waals surface area contributed by atoms with Crippen molar-refractivity contribution in [3.8, 4) is 6.07 Å². The molecule has 2 aromatic rings. The molecule has 0 bridgehead atoms. The Balaban J connectivity index is 2.61. The lowest BCUT2D eigenvalue weighted by Crippen LogP contribution is -2.06. The highest BCUT2D eigenvalue weighted by molar-refractivity contribution is 5.77. The lowest BCUT2D eigenvalue weighted by atomic mass is 10.2. The Labute approximate surface area is 93.8 Å². The molecule has 0 atom stereocenters. The molecule has 0 radical (unpaired) electrons. The second kappa shape index (κ2) is 4.33. The van der Waals surface area contributed by atoms with Gasteiger partial charge in [-0.25, -0.2) is 4.98 Å². The second-order valence-corrected chi connectivity index (χ2v) is 3.73. The third-order valence-corrected chi connectivity index (χ3v) is 2.54. The number of imidazole rings is 1. The van der Waals surface area contributed by atoms with Crippen LogP contribution in [0, 0.1) is 18.3 Å². The van der Waals surface area contributed by atoms with Crippen molar-refractivity contribution in [2.45, 2.75) is 19.9 Å². The maximum atomic E-state index is 9.01. The number of rotatable bonds is 3. The van der Waals surface area contributed by atoms with Gasteiger partial charge in [0.05, 0.1) is 30.1 Å². The van der Waals surface area contributed by atoms with Gasteiger partial charge in [0.2, 0.25) is 0 Å². The number of hydrogen-bond donors (Lipinski definition) is 1. The van der Waals surface area contributed by atoms with Gasteiger partial charge in [0.15, 0.2) is 0 Å². The van der Waals surface area contributed by atoms with Gasteiger partial charge >= 0.3 is 0 Å². The Bertz CT molecular complexity index is 551. The average Bonchev–Trinajstić information content (AvgIpc) is 2.57. The van der Waals surface area contributed by atoms with Crippen molar-refractivity contribution in [2.75, 3.05) is 6.61 Å². The Kier molecular flexibility index (Phi) is 2.88. The molecule has 1 heterocycles. The summed E-state index contributed by atoms with van der Waals surface area (Å²) in [6, 6.07) is 8.07. The Hall–Kier alpha value is -1.86. The van der Waals surface area contributed by atoms with Gasteiger partial charge < -0.3 is 9.67 Å². The highest BCUT2D eigenvalue weighted by atomic mass is 16.3. The molecule has 82 valence electrons. The zero-order valence-corrected chi connectivity index (χ0v) is 9.14. The molecule has 1 aromatic carbocycles. The van der Waals surface area contributed by atoms with Crippen LogP contribution in [0.5, 0.6) is 0 Å². The van der Waals surface area contributed by atoms with Crippen molar-refractivity contribution < 1.29 is 5.11 Å². The molecular formula is C12H13N3O. The first-order valence-corrected chi connectivity index (χ1v) is 5.20. The number of nitriles is 1. The van der Waals surface area contributed by atoms with Crippen LogP contribution >= 0.6 is 0 Å². The van der Waals surface area contributed by atoms with Crippen molar-refractivity contribution in [2.24, 2.45) is 0 Å². The first-order chi connectivity index (χ1) is 7.76. The average molecular weight is 215 g/mol. The quantitative estimate of drug-likeness (QED) is 0.841. The molecule has 0 aliphatic carbocycles. The van der Waals surface area contributed by atoms with Crippen LogP contribution in [-0.2, 0) is 13.0 Å². The van der Waals surface area contributed by atoms with Crippen molar-refractivity contribution in [3.63, 3.8) is 0 Å². The van der Waals surface area contributed by atoms with E-state index in [2.05, 4.69) is 11.1 Å². The number of aliphatic hydroxyl groups is 1. The summed E-state index contributed by atoms with van der Waals surface area (Å²) in [5, 5.41) is 17.7. The zero-order valence-electron chi connectivity index (χ0n) is 9.14. The highest BCUT2D eigenvalue weighted by Gasteiger charge is 2.09. The van der Waals surface area contributed by atoms with E-state index >= 15 is 0 Å². The van der Waals surface area contributed by atoms with Crippen LogP contribution in [0.4, 0.5) is 0 Å². The van der Waals surface area contributed by atoms with E-state index in [0.29, 0.717) is 6.54 Å². The van der Waals surface area contributed by atoms with Gasteiger partial charge in [-0.1, -0.05) is 6.07 Å². The molecule has 0 unspecified atom stereocenters. The lowest BCUT2D eigenvalue weighted by Gasteiger charge is -2.04. The first kappa shape index (κ1) is 10.7. The number of aliphatic hydroxyl groups excluding tert-OH is 1. The number of aromatic nitrogens is 2. The highest BCUT2D eigenvalue weighted by Crippen LogP contribution is 2.17. The fourth-order valence-electron chi connectivity index (χ4n) is 1.84. The Morgan fingerprint density at radius 1 is 1.50 bits per heavy atom. The summed E-state index contributed by atoms with van der Waals surface area (Å²) in [7, 11) is 0. The summed E-state index contributed by atoms with van der Waals surface area (Å²) in [5.74, 6) is 0.720. The number of aryl methyl sites for hydroxylation is 1. The third-order valence-electron chi connectivity index (χ3n) is 2.54. The normalized spacial score (nSPS) is 10.6. The van der Waals surface area contributed by atoms with Crippen LogP contribution < -0.4 is 0 Å². The van der Waals surface area contributed by atoms with E-state index in [0.717, 1.165) is 22.4 Å². The number of benzene rings is 1. The van der Waals surface area contributed by atoms with E-state index in [9.17, 15) is 0 Å². The summed E-state index contributed by atoms with van der Waals surface area (Å²) in [4.78, 5) is 4.41. The van der Waals surface area contributed by atoms with E-state index in [4.69, 9.17) is 10.4 Å². The Morgan fingerprint density at radius 2 is 2.31 bits per heavy atom. The molecule has 0 aliphatic rings. The molecule has 0 saturated carbocycles. The molecule has 0 aliphatic heterocycles. The van der Waals surface area contributed by atoms with E-state index in [1.165, 1.54) is 0 Å². The van der Waals surface area contributed by atoms with Crippen LogP contribution in [0.15, 0.2) is 18.2 Å². The molecule has 4 heteroatoms. The smallest absolute Gasteiger partial charge is 0.124 e. The predicted octanol–water partition coefficient (Wildman–Crippen LogP) is 1.40. The first-order valence-electron chi connectivity index (χ1n) is 5.20. The second-order valence-electron chi connectivity index (χ2n) is 3.73. The van der Waals surface area contributed by atoms with E-state index < -0.39 is 0 Å². The summed E-state index contributed by atoms with van der Waals surface area (Å²) in [6.07, 6.45) is 0.272. The van der Waals surface area contributed by atoms with Gasteiger partial charge in [-0.2, -0.15) is 5.26 Å². The molecule has 1 aromatic heterocycles. The van der Waals surface area contributed by atoms with Crippen LogP contribution in [0.25, 0.3) is 11.0 Å². The van der Waals surface area contributed by atoms with Gasteiger partial charge in [0, 0.05) is 6.54 Å². The zero-order chi connectivity index (χ0) is 11.5. The van der Waals surface area contributed by atoms with Gasteiger partial charge in [0.25, 0.3) is 0 Å². The lowest BCUT2D eigenvalue weighted by molar-refractivity contribution is 0.276. The Morgan fingerprint density at radius 3 is 3.00 bits per heavy atom. The molecule has 0 spiro atoms. The maximum Gasteiger partial charge on any atom is 0.124 e. The van der Waals surface area contributed by atoms with Crippen molar-refractivity contribution >= 4 is 11.0 Å². The van der Waals surface area contributed by atoms with Crippen molar-refractivity contribution in [3.05, 3.63) is 29.6 Å². The van der Waals surface area contributed by atoms with Crippen LogP contribution in [-0.4, -0.2) is 21.3 Å². The van der Waals surface area contributed by atoms with Crippen LogP contribution in [0.3, 0.4) is 0 Å². The minimum Gasteiger partial charge on any atom is -0.395 e. The van der Waals surface area contributed by atoms with Gasteiger partial charge in [-0.15, -0.1) is 0 Å². The summed E-state index contributed by atoms with van der Waals surface area (Å²) < 4.78 is 1.90. The van der Waals surface area contributed by atoms with Gasteiger partial charge in [-0.05, 0) is 24.6 Å². The SMILES string of the molecule is Cc1ccc2c(c1)nc(CC#N)n2CCO. The standard InChI is InChI=1S/C12H13N3O/c1-9-2-3-11-10(8-9)14-12(4-5-13)15(11)6-7-16/h2-3,8,16H,4,6-7H2,1H3. The molecule has 4 nitrogen and oxygen atoms in total. The summed E-state index contributed by atoms with van der Waals surface area (Å²) in [6.45, 7) is 2.54. The summed E-state index contributed by atoms with van der Waals surface area (Å²) >= 11 is 0. The fourth-order valence-corrected chi connectivity index (χ4v) is 1.84. The molecule has 0 saturated heterocycles. The van der Waals surface area contributed by atoms with Crippen LogP contribution in [0.1, 0.15) is 11.4 Å². The van der Waals surface area contributed by atoms with Gasteiger partial charge in [0.1, 0.15) is 5.82 Å². The van der Waals surface area contributed by atoms with E-state index in [-0.39, 0.29) is 13.0 Å². The minimum atomic E-state index is 0.0533. The number of hydrogen-bond acceptors (Lipinski definition) is 3. The monoisotopic (exact) mass is 215 g/mol. The molecule has 2 rings (SSSR count). The molecular weight excluding hydrogens is 202 g/mol. The number of fused-ring (bicyclic) bond motifs is 1. The molecule has 0 amide bonds. The van der Waals surface area contributed by atoms with E-state index in [1.54, 1.807) is 0 Å². The molecule has 16 heavy (non-hydrogen) atoms. The van der Waals surface area contributed by atoms with E-state index in [1.807, 2.05) is 29.7 Å². The van der Waals surface area contributed by atoms with Crippen LogP contribution in [0.2, 0.25) is 0 Å². The molecule has 1 N–H and O–H groups in total. The van der Waals surface area contributed by atoms with Gasteiger partial charge in [-0.3, -0.25) is 0 Å². The topological polar surface area (TPSA) is 61.8 Å². The number of nitrogens with zero attached hydrogens (tertiary/aromatic N) is 3. The summed E-state index contributed by atoms with van der Waals surface area (Å²) in [5.41, 5.74) is 3.01. The minimum absolute atomic E-state index is 0.0533. The predicted molar refractivity (Wildman–Crippen MR) is 60.9 cm³/mol. The van der Waals surface area contributed by atoms with Crippen molar-refractivity contribution in [1.82, 2.24) is 9.55 Å². The van der Waals surface area contributed by atoms with Crippen molar-refractivity contribution in [1.29, 1.82) is 5.26 Å². The molecule has 0 fully saturated rings. The fraction of sp³-hybridized carbons (Fsp3) is 0.333. The maximum absolute atomic E-state index is 9.01. The largest absolute Gasteiger partial charge is 0.395 e. The third kappa shape index (κ3) is 1.77.